The molecule has 0 spiro atoms. The quantitative estimate of drug-likeness (QED) is 0.350. The minimum atomic E-state index is -0.522. The third-order valence-corrected chi connectivity index (χ3v) is 4.95. The molecule has 1 N–H and O–H groups in total. The lowest BCUT2D eigenvalue weighted by atomic mass is 10.1. The standard InChI is InChI=1S/C23H19ClFN5O3/c1-3-32-22(31)15-9-14(11-26-12-15)17-13-27-23(28-16-6-7-19(25)18(24)10-16)29-21(17)30(2)20-5-4-8-33-20/h4-13H,3H2,1-2H3,(H,27,28,29). The maximum atomic E-state index is 13.5. The molecule has 0 bridgehead atoms. The predicted octanol–water partition coefficient (Wildman–Crippen LogP) is 5.61. The summed E-state index contributed by atoms with van der Waals surface area (Å²) in [6, 6.07) is 9.43. The number of ether oxygens (including phenoxy) is 1. The van der Waals surface area contributed by atoms with Gasteiger partial charge in [-0.2, -0.15) is 4.98 Å². The molecule has 0 atom stereocenters. The number of rotatable bonds is 7. The fourth-order valence-electron chi connectivity index (χ4n) is 3.07. The first-order chi connectivity index (χ1) is 16.0. The van der Waals surface area contributed by atoms with Crippen molar-refractivity contribution in [3.05, 3.63) is 77.7 Å². The monoisotopic (exact) mass is 467 g/mol. The fourth-order valence-corrected chi connectivity index (χ4v) is 3.25. The smallest absolute Gasteiger partial charge is 0.339 e. The fraction of sp³-hybridized carbons (Fsp3) is 0.130. The second-order valence-corrected chi connectivity index (χ2v) is 7.29. The number of pyridine rings is 1. The Morgan fingerprint density at radius 3 is 2.82 bits per heavy atom. The van der Waals surface area contributed by atoms with E-state index in [1.807, 2.05) is 0 Å². The number of aromatic nitrogens is 3. The van der Waals surface area contributed by atoms with Crippen molar-refractivity contribution in [2.45, 2.75) is 6.92 Å². The lowest BCUT2D eigenvalue weighted by Crippen LogP contribution is -2.14. The number of nitrogens with zero attached hydrogens (tertiary/aromatic N) is 4. The molecule has 4 aromatic rings. The number of furan rings is 1. The first kappa shape index (κ1) is 22.2. The van der Waals surface area contributed by atoms with Crippen LogP contribution in [0.3, 0.4) is 0 Å². The van der Waals surface area contributed by atoms with E-state index in [1.54, 1.807) is 55.7 Å². The summed E-state index contributed by atoms with van der Waals surface area (Å²) in [5.41, 5.74) is 2.05. The van der Waals surface area contributed by atoms with Crippen LogP contribution in [0.2, 0.25) is 5.02 Å². The summed E-state index contributed by atoms with van der Waals surface area (Å²) in [5.74, 6) is 0.286. The Kier molecular flexibility index (Phi) is 6.50. The van der Waals surface area contributed by atoms with Crippen molar-refractivity contribution in [3.63, 3.8) is 0 Å². The van der Waals surface area contributed by atoms with Crippen molar-refractivity contribution in [1.82, 2.24) is 15.0 Å². The highest BCUT2D eigenvalue weighted by molar-refractivity contribution is 6.31. The van der Waals surface area contributed by atoms with Crippen molar-refractivity contribution in [2.24, 2.45) is 0 Å². The topological polar surface area (TPSA) is 93.4 Å². The van der Waals surface area contributed by atoms with Crippen LogP contribution in [0.5, 0.6) is 0 Å². The lowest BCUT2D eigenvalue weighted by Gasteiger charge is -2.19. The number of carbonyl (C=O) groups excluding carboxylic acids is 1. The van der Waals surface area contributed by atoms with E-state index in [1.165, 1.54) is 24.4 Å². The molecule has 0 fully saturated rings. The number of benzene rings is 1. The molecule has 0 saturated carbocycles. The van der Waals surface area contributed by atoms with Crippen molar-refractivity contribution in [1.29, 1.82) is 0 Å². The van der Waals surface area contributed by atoms with E-state index in [2.05, 4.69) is 20.3 Å². The van der Waals surface area contributed by atoms with Gasteiger partial charge in [-0.05, 0) is 37.3 Å². The zero-order chi connectivity index (χ0) is 23.4. The molecule has 0 aliphatic rings. The van der Waals surface area contributed by atoms with E-state index in [4.69, 9.17) is 20.8 Å². The molecule has 3 aromatic heterocycles. The molecule has 10 heteroatoms. The summed E-state index contributed by atoms with van der Waals surface area (Å²) in [6.45, 7) is 1.99. The number of carbonyl (C=O) groups is 1. The van der Waals surface area contributed by atoms with Crippen LogP contribution in [0.4, 0.5) is 27.7 Å². The van der Waals surface area contributed by atoms with E-state index in [0.717, 1.165) is 0 Å². The highest BCUT2D eigenvalue weighted by Crippen LogP contribution is 2.34. The van der Waals surface area contributed by atoms with Crippen molar-refractivity contribution in [3.8, 4) is 11.1 Å². The molecule has 0 saturated heterocycles. The molecular formula is C23H19ClFN5O3. The first-order valence-corrected chi connectivity index (χ1v) is 10.3. The summed E-state index contributed by atoms with van der Waals surface area (Å²) in [7, 11) is 1.78. The van der Waals surface area contributed by atoms with Crippen LogP contribution in [0, 0.1) is 5.82 Å². The van der Waals surface area contributed by atoms with Gasteiger partial charge >= 0.3 is 5.97 Å². The van der Waals surface area contributed by atoms with Crippen LogP contribution in [0.1, 0.15) is 17.3 Å². The Balaban J connectivity index is 1.76. The van der Waals surface area contributed by atoms with Gasteiger partial charge in [0.25, 0.3) is 0 Å². The lowest BCUT2D eigenvalue weighted by molar-refractivity contribution is 0.0526. The first-order valence-electron chi connectivity index (χ1n) is 9.95. The Labute approximate surface area is 194 Å². The second kappa shape index (κ2) is 9.66. The largest absolute Gasteiger partial charge is 0.462 e. The van der Waals surface area contributed by atoms with Gasteiger partial charge < -0.3 is 14.5 Å². The molecule has 0 radical (unpaired) electrons. The van der Waals surface area contributed by atoms with Crippen LogP contribution in [-0.2, 0) is 4.74 Å². The minimum Gasteiger partial charge on any atom is -0.462 e. The van der Waals surface area contributed by atoms with Gasteiger partial charge in [-0.15, -0.1) is 0 Å². The molecule has 0 unspecified atom stereocenters. The maximum absolute atomic E-state index is 13.5. The molecule has 33 heavy (non-hydrogen) atoms. The SMILES string of the molecule is CCOC(=O)c1cncc(-c2cnc(Nc3ccc(F)c(Cl)c3)nc2N(C)c2ccco2)c1. The van der Waals surface area contributed by atoms with Gasteiger partial charge in [-0.25, -0.2) is 14.2 Å². The molecule has 8 nitrogen and oxygen atoms in total. The van der Waals surface area contributed by atoms with E-state index in [0.29, 0.717) is 34.1 Å². The molecule has 0 aliphatic carbocycles. The van der Waals surface area contributed by atoms with E-state index in [-0.39, 0.29) is 17.6 Å². The molecule has 4 rings (SSSR count). The highest BCUT2D eigenvalue weighted by Gasteiger charge is 2.18. The van der Waals surface area contributed by atoms with Gasteiger partial charge in [0.05, 0.1) is 23.5 Å². The van der Waals surface area contributed by atoms with Crippen LogP contribution in [-0.4, -0.2) is 34.6 Å². The molecular weight excluding hydrogens is 449 g/mol. The van der Waals surface area contributed by atoms with Gasteiger partial charge in [0.15, 0.2) is 0 Å². The molecule has 168 valence electrons. The normalized spacial score (nSPS) is 10.7. The van der Waals surface area contributed by atoms with Gasteiger partial charge in [0, 0.05) is 48.5 Å². The van der Waals surface area contributed by atoms with Gasteiger partial charge in [0.2, 0.25) is 11.8 Å². The average molecular weight is 468 g/mol. The number of nitrogens with one attached hydrogen (secondary N) is 1. The number of halogens is 2. The van der Waals surface area contributed by atoms with E-state index < -0.39 is 11.8 Å². The predicted molar refractivity (Wildman–Crippen MR) is 123 cm³/mol. The summed E-state index contributed by atoms with van der Waals surface area (Å²) >= 11 is 5.88. The Bertz CT molecular complexity index is 1280. The number of hydrogen-bond donors (Lipinski definition) is 1. The highest BCUT2D eigenvalue weighted by atomic mass is 35.5. The molecule has 0 aliphatic heterocycles. The Morgan fingerprint density at radius 1 is 1.24 bits per heavy atom. The van der Waals surface area contributed by atoms with Gasteiger partial charge in [-0.3, -0.25) is 9.88 Å². The van der Waals surface area contributed by atoms with E-state index >= 15 is 0 Å². The van der Waals surface area contributed by atoms with E-state index in [9.17, 15) is 9.18 Å². The Morgan fingerprint density at radius 2 is 2.09 bits per heavy atom. The Hall–Kier alpha value is -3.98. The third-order valence-electron chi connectivity index (χ3n) is 4.66. The average Bonchev–Trinajstić information content (AvgIpc) is 3.36. The minimum absolute atomic E-state index is 0.0219. The second-order valence-electron chi connectivity index (χ2n) is 6.88. The summed E-state index contributed by atoms with van der Waals surface area (Å²) in [5, 5.41) is 3.00. The molecule has 3 heterocycles. The molecule has 0 amide bonds. The summed E-state index contributed by atoms with van der Waals surface area (Å²) < 4.78 is 24.1. The maximum Gasteiger partial charge on any atom is 0.339 e. The number of esters is 1. The van der Waals surface area contributed by atoms with Gasteiger partial charge in [0.1, 0.15) is 11.6 Å². The van der Waals surface area contributed by atoms with Crippen LogP contribution < -0.4 is 10.2 Å². The van der Waals surface area contributed by atoms with Crippen LogP contribution in [0.25, 0.3) is 11.1 Å². The number of hydrogen-bond acceptors (Lipinski definition) is 8. The van der Waals surface area contributed by atoms with Crippen LogP contribution in [0.15, 0.2) is 65.7 Å². The molecule has 1 aromatic carbocycles. The summed E-state index contributed by atoms with van der Waals surface area (Å²) in [4.78, 5) is 27.1. The van der Waals surface area contributed by atoms with Crippen molar-refractivity contribution in [2.75, 3.05) is 23.9 Å². The zero-order valence-corrected chi connectivity index (χ0v) is 18.5. The van der Waals surface area contributed by atoms with Crippen LogP contribution >= 0.6 is 11.6 Å². The third kappa shape index (κ3) is 4.93. The van der Waals surface area contributed by atoms with Crippen molar-refractivity contribution < 1.29 is 18.3 Å². The van der Waals surface area contributed by atoms with Gasteiger partial charge in [-0.1, -0.05) is 11.6 Å². The zero-order valence-electron chi connectivity index (χ0n) is 17.8. The summed E-state index contributed by atoms with van der Waals surface area (Å²) in [6.07, 6.45) is 6.19. The van der Waals surface area contributed by atoms with Crippen molar-refractivity contribution >= 4 is 40.9 Å². The number of anilines is 4.